The number of aliphatic hydroxyl groups excluding tert-OH is 1. The lowest BCUT2D eigenvalue weighted by molar-refractivity contribution is 0.276. The smallest absolute Gasteiger partial charge is 0.130 e. The Hall–Kier alpha value is -0.740. The third-order valence-corrected chi connectivity index (χ3v) is 4.51. The molecule has 1 saturated heterocycles. The van der Waals surface area contributed by atoms with Gasteiger partial charge in [0, 0.05) is 29.6 Å². The Kier molecular flexibility index (Phi) is 4.29. The Morgan fingerprint density at radius 1 is 1.41 bits per heavy atom. The minimum atomic E-state index is -0.308. The highest BCUT2D eigenvalue weighted by Crippen LogP contribution is 2.29. The van der Waals surface area contributed by atoms with Gasteiger partial charge in [0.25, 0.3) is 0 Å². The molecule has 0 aromatic heterocycles. The van der Waals surface area contributed by atoms with E-state index in [2.05, 4.69) is 11.2 Å². The number of hydrogen-bond donors (Lipinski definition) is 1. The predicted molar refractivity (Wildman–Crippen MR) is 71.1 cm³/mol. The van der Waals surface area contributed by atoms with Crippen LogP contribution in [0.1, 0.15) is 18.4 Å². The van der Waals surface area contributed by atoms with E-state index in [-0.39, 0.29) is 12.4 Å². The van der Waals surface area contributed by atoms with Gasteiger partial charge < -0.3 is 10.0 Å². The van der Waals surface area contributed by atoms with Crippen molar-refractivity contribution in [2.45, 2.75) is 24.7 Å². The predicted octanol–water partition coefficient (Wildman–Crippen LogP) is 2.65. The highest BCUT2D eigenvalue weighted by atomic mass is 32.2. The fourth-order valence-electron chi connectivity index (χ4n) is 2.33. The fraction of sp³-hybridized carbons (Fsp3) is 0.538. The van der Waals surface area contributed by atoms with Crippen molar-refractivity contribution in [3.8, 4) is 0 Å². The number of nitrogens with zero attached hydrogens (tertiary/aromatic N) is 1. The monoisotopic (exact) mass is 255 g/mol. The Labute approximate surface area is 106 Å². The zero-order valence-corrected chi connectivity index (χ0v) is 10.8. The largest absolute Gasteiger partial charge is 0.391 e. The zero-order chi connectivity index (χ0) is 12.3. The van der Waals surface area contributed by atoms with Gasteiger partial charge in [-0.05, 0) is 31.2 Å². The van der Waals surface area contributed by atoms with Crippen LogP contribution in [-0.2, 0) is 6.61 Å². The molecule has 1 aromatic rings. The van der Waals surface area contributed by atoms with Crippen LogP contribution >= 0.6 is 11.8 Å². The van der Waals surface area contributed by atoms with Gasteiger partial charge in [0.15, 0.2) is 0 Å². The Morgan fingerprint density at radius 2 is 2.12 bits per heavy atom. The van der Waals surface area contributed by atoms with Crippen LogP contribution < -0.4 is 4.90 Å². The van der Waals surface area contributed by atoms with Gasteiger partial charge in [0.2, 0.25) is 0 Å². The molecule has 4 heteroatoms. The molecule has 2 rings (SSSR count). The summed E-state index contributed by atoms with van der Waals surface area (Å²) >= 11 is 1.91. The molecule has 0 spiro atoms. The van der Waals surface area contributed by atoms with Crippen molar-refractivity contribution in [1.29, 1.82) is 0 Å². The summed E-state index contributed by atoms with van der Waals surface area (Å²) in [6.07, 6.45) is 4.40. The van der Waals surface area contributed by atoms with Crippen molar-refractivity contribution in [3.63, 3.8) is 0 Å². The third kappa shape index (κ3) is 2.75. The van der Waals surface area contributed by atoms with Crippen LogP contribution in [0.3, 0.4) is 0 Å². The summed E-state index contributed by atoms with van der Waals surface area (Å²) in [6, 6.07) is 5.02. The number of halogens is 1. The number of thioether (sulfide) groups is 1. The quantitative estimate of drug-likeness (QED) is 0.898. The van der Waals surface area contributed by atoms with E-state index in [1.165, 1.54) is 6.07 Å². The maximum absolute atomic E-state index is 13.6. The van der Waals surface area contributed by atoms with Crippen LogP contribution in [0.4, 0.5) is 10.1 Å². The molecule has 0 unspecified atom stereocenters. The van der Waals surface area contributed by atoms with Gasteiger partial charge in [-0.15, -0.1) is 0 Å². The van der Waals surface area contributed by atoms with Crippen LogP contribution in [0.2, 0.25) is 0 Å². The zero-order valence-electron chi connectivity index (χ0n) is 10.0. The molecule has 1 heterocycles. The van der Waals surface area contributed by atoms with Gasteiger partial charge in [0.1, 0.15) is 5.82 Å². The molecule has 0 atom stereocenters. The molecule has 0 saturated carbocycles. The van der Waals surface area contributed by atoms with E-state index in [4.69, 9.17) is 0 Å². The summed E-state index contributed by atoms with van der Waals surface area (Å²) in [4.78, 5) is 2.18. The van der Waals surface area contributed by atoms with Crippen molar-refractivity contribution >= 4 is 17.4 Å². The average molecular weight is 255 g/mol. The molecule has 94 valence electrons. The fourth-order valence-corrected chi connectivity index (χ4v) is 3.01. The van der Waals surface area contributed by atoms with Gasteiger partial charge in [0.05, 0.1) is 6.61 Å². The molecular weight excluding hydrogens is 237 g/mol. The number of benzene rings is 1. The summed E-state index contributed by atoms with van der Waals surface area (Å²) in [6.45, 7) is 1.66. The normalized spacial score (nSPS) is 17.5. The molecule has 0 radical (unpaired) electrons. The van der Waals surface area contributed by atoms with E-state index in [1.807, 2.05) is 17.8 Å². The first-order chi connectivity index (χ1) is 8.26. The van der Waals surface area contributed by atoms with E-state index in [1.54, 1.807) is 6.07 Å². The van der Waals surface area contributed by atoms with Crippen molar-refractivity contribution in [2.75, 3.05) is 24.2 Å². The van der Waals surface area contributed by atoms with E-state index in [0.29, 0.717) is 5.56 Å². The Morgan fingerprint density at radius 3 is 2.71 bits per heavy atom. The van der Waals surface area contributed by atoms with Crippen molar-refractivity contribution in [2.24, 2.45) is 0 Å². The van der Waals surface area contributed by atoms with Crippen LogP contribution in [0, 0.1) is 5.82 Å². The van der Waals surface area contributed by atoms with Crippen LogP contribution in [-0.4, -0.2) is 29.7 Å². The van der Waals surface area contributed by atoms with Crippen molar-refractivity contribution < 1.29 is 9.50 Å². The first-order valence-corrected chi connectivity index (χ1v) is 7.21. The maximum Gasteiger partial charge on any atom is 0.130 e. The Balaban J connectivity index is 2.15. The van der Waals surface area contributed by atoms with E-state index in [0.717, 1.165) is 36.9 Å². The highest BCUT2D eigenvalue weighted by molar-refractivity contribution is 7.99. The minimum Gasteiger partial charge on any atom is -0.391 e. The first-order valence-electron chi connectivity index (χ1n) is 5.92. The molecule has 0 bridgehead atoms. The molecule has 0 amide bonds. The van der Waals surface area contributed by atoms with Gasteiger partial charge in [-0.1, -0.05) is 6.07 Å². The molecule has 1 aliphatic heterocycles. The molecule has 1 N–H and O–H groups in total. The third-order valence-electron chi connectivity index (χ3n) is 3.37. The molecular formula is C13H18FNOS. The van der Waals surface area contributed by atoms with Crippen molar-refractivity contribution in [3.05, 3.63) is 29.6 Å². The molecule has 0 aliphatic carbocycles. The number of piperidine rings is 1. The summed E-state index contributed by atoms with van der Waals surface area (Å²) in [5, 5.41) is 9.98. The number of hydrogen-bond acceptors (Lipinski definition) is 3. The Bertz CT molecular complexity index is 378. The summed E-state index contributed by atoms with van der Waals surface area (Å²) in [5.41, 5.74) is 1.28. The second-order valence-corrected chi connectivity index (χ2v) is 5.46. The topological polar surface area (TPSA) is 23.5 Å². The highest BCUT2D eigenvalue weighted by Gasteiger charge is 2.21. The number of anilines is 1. The van der Waals surface area contributed by atoms with Crippen LogP contribution in [0.15, 0.2) is 18.2 Å². The van der Waals surface area contributed by atoms with Crippen molar-refractivity contribution in [1.82, 2.24) is 0 Å². The van der Waals surface area contributed by atoms with Gasteiger partial charge in [-0.3, -0.25) is 0 Å². The standard InChI is InChI=1S/C13H18FNOS/c1-17-10-5-7-15(8-6-10)13-4-2-3-12(14)11(13)9-16/h2-4,10,16H,5-9H2,1H3. The van der Waals surface area contributed by atoms with Gasteiger partial charge in [-0.2, -0.15) is 11.8 Å². The molecule has 2 nitrogen and oxygen atoms in total. The first kappa shape index (κ1) is 12.7. The molecule has 1 aromatic carbocycles. The van der Waals surface area contributed by atoms with Crippen LogP contribution in [0.5, 0.6) is 0 Å². The molecule has 1 fully saturated rings. The number of aliphatic hydroxyl groups is 1. The second kappa shape index (κ2) is 5.74. The summed E-state index contributed by atoms with van der Waals surface area (Å²) in [5.74, 6) is -0.308. The van der Waals surface area contributed by atoms with Gasteiger partial charge in [-0.25, -0.2) is 4.39 Å². The van der Waals surface area contributed by atoms with E-state index >= 15 is 0 Å². The molecule has 17 heavy (non-hydrogen) atoms. The van der Waals surface area contributed by atoms with E-state index in [9.17, 15) is 9.50 Å². The second-order valence-electron chi connectivity index (χ2n) is 4.32. The number of rotatable bonds is 3. The van der Waals surface area contributed by atoms with Crippen LogP contribution in [0.25, 0.3) is 0 Å². The lowest BCUT2D eigenvalue weighted by atomic mass is 10.1. The van der Waals surface area contributed by atoms with E-state index < -0.39 is 0 Å². The average Bonchev–Trinajstić information content (AvgIpc) is 2.38. The minimum absolute atomic E-state index is 0.232. The molecule has 1 aliphatic rings. The lowest BCUT2D eigenvalue weighted by Crippen LogP contribution is -2.35. The maximum atomic E-state index is 13.6. The summed E-state index contributed by atoms with van der Waals surface area (Å²) in [7, 11) is 0. The lowest BCUT2D eigenvalue weighted by Gasteiger charge is -2.34. The SMILES string of the molecule is CSC1CCN(c2cccc(F)c2CO)CC1. The summed E-state index contributed by atoms with van der Waals surface area (Å²) < 4.78 is 13.6. The van der Waals surface area contributed by atoms with Gasteiger partial charge >= 0.3 is 0 Å².